The zero-order valence-electron chi connectivity index (χ0n) is 48.2. The maximum Gasteiger partial charge on any atom is 0.338 e. The van der Waals surface area contributed by atoms with Crippen LogP contribution in [0.15, 0.2) is 243 Å². The molecule has 8 aromatic carbocycles. The summed E-state index contributed by atoms with van der Waals surface area (Å²) in [5.41, 5.74) is 3.44. The number of carbonyl (C=O) groups excluding carboxylic acids is 3. The first-order valence-electron chi connectivity index (χ1n) is 28.9. The summed E-state index contributed by atoms with van der Waals surface area (Å²) in [6, 6.07) is 75.1. The quantitative estimate of drug-likeness (QED) is 0.0341. The second kappa shape index (κ2) is 28.8. The van der Waals surface area contributed by atoms with Crippen molar-refractivity contribution in [2.24, 2.45) is 0 Å². The molecule has 2 aliphatic rings. The van der Waals surface area contributed by atoms with Gasteiger partial charge in [-0.1, -0.05) is 227 Å². The standard InChI is InChI=1S/C71H72O13Si/c1-50-61(75-45-51-29-13-5-14-30-51)64(77-47-53-33-17-7-18-34-53)62(76-46-52-31-15-6-16-32-52)59(80-50)48-78-70-66(84-69(74)56-39-23-10-24-40-56)65(83-68(73)55-37-21-9-22-38-55)63(82-67(72)54-35-19-8-20-36-54)60(81-70)49-79-85(71(2,3)4,57-41-25-11-26-42-57)58-43-27-12-28-44-58/h5-44,50,59-66,70H,45-49H2,1-4H3/t50-,59?,60?,61-,62-,63-,64?,65?,66+,70+/m0/s1. The predicted molar refractivity (Wildman–Crippen MR) is 325 cm³/mol. The van der Waals surface area contributed by atoms with E-state index < -0.39 is 92.5 Å². The Kier molecular flexibility index (Phi) is 20.4. The molecule has 2 fully saturated rings. The van der Waals surface area contributed by atoms with Crippen LogP contribution in [0.5, 0.6) is 0 Å². The summed E-state index contributed by atoms with van der Waals surface area (Å²) in [6.07, 6.45) is -11.1. The van der Waals surface area contributed by atoms with Crippen LogP contribution < -0.4 is 10.4 Å². The lowest BCUT2D eigenvalue weighted by Gasteiger charge is -2.48. The molecule has 2 aliphatic heterocycles. The highest BCUT2D eigenvalue weighted by atomic mass is 28.4. The molecule has 0 saturated carbocycles. The maximum absolute atomic E-state index is 14.7. The Labute approximate surface area is 498 Å². The van der Waals surface area contributed by atoms with Gasteiger partial charge in [-0.2, -0.15) is 0 Å². The SMILES string of the molecule is C[C@@H]1OC(CO[C@@H]2OC(CO[Si](c3ccccc3)(c3ccccc3)C(C)(C)C)[C@H](OC(=O)c3ccccc3)C(OC(=O)c3ccccc3)[C@H]2OC(=O)c2ccccc2)[C@H](OCc2ccccc2)C(OCc2ccccc2)[C@H]1OCc1ccccc1. The summed E-state index contributed by atoms with van der Waals surface area (Å²) < 4.78 is 69.2. The fourth-order valence-corrected chi connectivity index (χ4v) is 15.7. The molecule has 10 rings (SSSR count). The maximum atomic E-state index is 14.7. The van der Waals surface area contributed by atoms with Crippen molar-refractivity contribution in [3.8, 4) is 0 Å². The van der Waals surface area contributed by atoms with Crippen LogP contribution in [0.4, 0.5) is 0 Å². The van der Waals surface area contributed by atoms with Crippen LogP contribution in [0.3, 0.4) is 0 Å². The molecular weight excluding hydrogens is 1090 g/mol. The van der Waals surface area contributed by atoms with Crippen LogP contribution in [-0.2, 0) is 66.9 Å². The summed E-state index contributed by atoms with van der Waals surface area (Å²) in [5.74, 6) is -2.30. The van der Waals surface area contributed by atoms with E-state index in [1.807, 2.05) is 134 Å². The van der Waals surface area contributed by atoms with E-state index in [-0.39, 0.29) is 49.7 Å². The van der Waals surface area contributed by atoms with Crippen LogP contribution in [0.25, 0.3) is 0 Å². The van der Waals surface area contributed by atoms with E-state index in [9.17, 15) is 14.4 Å². The van der Waals surface area contributed by atoms with E-state index in [2.05, 4.69) is 45.0 Å². The van der Waals surface area contributed by atoms with Crippen LogP contribution in [-0.4, -0.2) is 101 Å². The van der Waals surface area contributed by atoms with E-state index in [1.54, 1.807) is 91.0 Å². The smallest absolute Gasteiger partial charge is 0.338 e. The third-order valence-corrected chi connectivity index (χ3v) is 20.4. The van der Waals surface area contributed by atoms with Gasteiger partial charge in [0.15, 0.2) is 24.6 Å². The van der Waals surface area contributed by atoms with Gasteiger partial charge in [0.25, 0.3) is 8.32 Å². The Morgan fingerprint density at radius 3 is 1.13 bits per heavy atom. The summed E-state index contributed by atoms with van der Waals surface area (Å²) in [7, 11) is -3.37. The van der Waals surface area contributed by atoms with Crippen LogP contribution in [0, 0.1) is 0 Å². The van der Waals surface area contributed by atoms with Crippen molar-refractivity contribution in [1.82, 2.24) is 0 Å². The molecule has 0 amide bonds. The monoisotopic (exact) mass is 1160 g/mol. The van der Waals surface area contributed by atoms with Crippen molar-refractivity contribution in [3.63, 3.8) is 0 Å². The van der Waals surface area contributed by atoms with E-state index >= 15 is 0 Å². The molecule has 0 aromatic heterocycles. The van der Waals surface area contributed by atoms with Gasteiger partial charge in [0, 0.05) is 0 Å². The molecule has 0 bridgehead atoms. The Balaban J connectivity index is 1.07. The molecule has 0 N–H and O–H groups in total. The molecule has 438 valence electrons. The lowest BCUT2D eigenvalue weighted by atomic mass is 9.94. The summed E-state index contributed by atoms with van der Waals surface area (Å²) in [4.78, 5) is 44.0. The van der Waals surface area contributed by atoms with Crippen molar-refractivity contribution in [2.75, 3.05) is 13.2 Å². The Morgan fingerprint density at radius 1 is 0.376 bits per heavy atom. The normalized spacial score (nSPS) is 22.4. The molecule has 85 heavy (non-hydrogen) atoms. The lowest BCUT2D eigenvalue weighted by molar-refractivity contribution is -0.316. The van der Waals surface area contributed by atoms with Gasteiger partial charge in [0.05, 0.1) is 55.8 Å². The van der Waals surface area contributed by atoms with Crippen molar-refractivity contribution in [2.45, 2.75) is 114 Å². The highest BCUT2D eigenvalue weighted by molar-refractivity contribution is 6.99. The Morgan fingerprint density at radius 2 is 0.718 bits per heavy atom. The minimum atomic E-state index is -3.37. The molecule has 2 heterocycles. The zero-order valence-corrected chi connectivity index (χ0v) is 49.2. The van der Waals surface area contributed by atoms with Crippen molar-refractivity contribution in [3.05, 3.63) is 276 Å². The molecule has 2 saturated heterocycles. The second-order valence-corrected chi connectivity index (χ2v) is 26.5. The number of hydrogen-bond acceptors (Lipinski definition) is 13. The largest absolute Gasteiger partial charge is 0.452 e. The summed E-state index contributed by atoms with van der Waals surface area (Å²) in [5, 5.41) is 1.46. The van der Waals surface area contributed by atoms with Gasteiger partial charge in [-0.05, 0) is 75.4 Å². The Hall–Kier alpha value is -7.89. The highest BCUT2D eigenvalue weighted by Gasteiger charge is 2.57. The molecule has 0 radical (unpaired) electrons. The summed E-state index contributed by atoms with van der Waals surface area (Å²) in [6.45, 7) is 8.62. The average Bonchev–Trinajstić information content (AvgIpc) is 1.48. The number of carbonyl (C=O) groups is 3. The zero-order chi connectivity index (χ0) is 59.0. The van der Waals surface area contributed by atoms with Crippen molar-refractivity contribution in [1.29, 1.82) is 0 Å². The van der Waals surface area contributed by atoms with E-state index in [1.165, 1.54) is 0 Å². The first-order valence-corrected chi connectivity index (χ1v) is 30.8. The van der Waals surface area contributed by atoms with Gasteiger partial charge < -0.3 is 47.1 Å². The molecule has 4 unspecified atom stereocenters. The van der Waals surface area contributed by atoms with Gasteiger partial charge in [-0.25, -0.2) is 14.4 Å². The van der Waals surface area contributed by atoms with Crippen molar-refractivity contribution >= 4 is 36.6 Å². The number of esters is 3. The minimum Gasteiger partial charge on any atom is -0.452 e. The molecule has 0 spiro atoms. The van der Waals surface area contributed by atoms with Crippen LogP contribution in [0.2, 0.25) is 5.04 Å². The van der Waals surface area contributed by atoms with Gasteiger partial charge in [-0.3, -0.25) is 0 Å². The Bertz CT molecular complexity index is 3280. The van der Waals surface area contributed by atoms with Crippen LogP contribution >= 0.6 is 0 Å². The average molecular weight is 1160 g/mol. The predicted octanol–water partition coefficient (Wildman–Crippen LogP) is 11.5. The fraction of sp³-hybridized carbons (Fsp3) is 0.282. The minimum absolute atomic E-state index is 0.182. The molecule has 13 nitrogen and oxygen atoms in total. The van der Waals surface area contributed by atoms with E-state index in [0.717, 1.165) is 27.1 Å². The van der Waals surface area contributed by atoms with E-state index in [4.69, 9.17) is 47.1 Å². The fourth-order valence-electron chi connectivity index (χ4n) is 11.2. The number of hydrogen-bond donors (Lipinski definition) is 0. The molecule has 10 atom stereocenters. The first kappa shape index (κ1) is 60.2. The number of ether oxygens (including phenoxy) is 9. The van der Waals surface area contributed by atoms with Crippen LogP contribution in [0.1, 0.15) is 75.5 Å². The van der Waals surface area contributed by atoms with E-state index in [0.29, 0.717) is 0 Å². The second-order valence-electron chi connectivity index (χ2n) is 22.2. The molecular formula is C71H72O13Si. The molecule has 8 aromatic rings. The third kappa shape index (κ3) is 15.0. The highest BCUT2D eigenvalue weighted by Crippen LogP contribution is 2.39. The molecule has 14 heteroatoms. The summed E-state index contributed by atoms with van der Waals surface area (Å²) >= 11 is 0. The van der Waals surface area contributed by atoms with Gasteiger partial charge in [0.2, 0.25) is 0 Å². The number of rotatable bonds is 23. The van der Waals surface area contributed by atoms with Gasteiger partial charge in [-0.15, -0.1) is 0 Å². The third-order valence-electron chi connectivity index (χ3n) is 15.4. The lowest BCUT2D eigenvalue weighted by Crippen LogP contribution is -2.69. The topological polar surface area (TPSA) is 144 Å². The van der Waals surface area contributed by atoms with Gasteiger partial charge >= 0.3 is 17.9 Å². The first-order chi connectivity index (χ1) is 41.4. The van der Waals surface area contributed by atoms with Gasteiger partial charge in [0.1, 0.15) is 30.5 Å². The van der Waals surface area contributed by atoms with Crippen molar-refractivity contribution < 1.29 is 61.4 Å². The molecule has 0 aliphatic carbocycles. The number of benzene rings is 8.